The van der Waals surface area contributed by atoms with E-state index in [4.69, 9.17) is 0 Å². The van der Waals surface area contributed by atoms with Crippen molar-refractivity contribution in [3.05, 3.63) is 83.9 Å². The summed E-state index contributed by atoms with van der Waals surface area (Å²) in [6, 6.07) is 26.5. The van der Waals surface area contributed by atoms with E-state index >= 15 is 0 Å². The highest BCUT2D eigenvalue weighted by Gasteiger charge is 2.07. The van der Waals surface area contributed by atoms with Gasteiger partial charge in [0.25, 0.3) is 0 Å². The normalized spacial score (nSPS) is 11.2. The number of aryl methyl sites for hydroxylation is 2. The lowest BCUT2D eigenvalue weighted by Gasteiger charge is -2.11. The summed E-state index contributed by atoms with van der Waals surface area (Å²) in [7, 11) is 0. The maximum absolute atomic E-state index is 2.33. The third-order valence-corrected chi connectivity index (χ3v) is 4.46. The summed E-state index contributed by atoms with van der Waals surface area (Å²) in [5.41, 5.74) is 5.22. The van der Waals surface area contributed by atoms with Gasteiger partial charge in [0.1, 0.15) is 0 Å². The molecule has 22 heavy (non-hydrogen) atoms. The van der Waals surface area contributed by atoms with Crippen molar-refractivity contribution in [3.8, 4) is 11.1 Å². The Morgan fingerprint density at radius 3 is 1.91 bits per heavy atom. The minimum atomic E-state index is 1.28. The van der Waals surface area contributed by atoms with Crippen molar-refractivity contribution < 1.29 is 0 Å². The highest BCUT2D eigenvalue weighted by atomic mass is 14.1. The second-order valence-corrected chi connectivity index (χ2v) is 6.04. The van der Waals surface area contributed by atoms with E-state index in [9.17, 15) is 0 Å². The predicted molar refractivity (Wildman–Crippen MR) is 96.4 cm³/mol. The molecule has 0 aliphatic heterocycles. The Morgan fingerprint density at radius 1 is 0.591 bits per heavy atom. The standard InChI is InChI=1S/C22H18/c1-15-7-10-17(11-8-15)20-12-9-16(2)21-13-18-5-3-4-6-19(18)14-22(20)21/h3-14H,1-2H3. The molecule has 0 aliphatic rings. The Hall–Kier alpha value is -2.60. The molecule has 0 amide bonds. The van der Waals surface area contributed by atoms with Gasteiger partial charge in [-0.2, -0.15) is 0 Å². The van der Waals surface area contributed by atoms with Gasteiger partial charge in [-0.25, -0.2) is 0 Å². The van der Waals surface area contributed by atoms with Gasteiger partial charge in [-0.05, 0) is 64.2 Å². The van der Waals surface area contributed by atoms with Gasteiger partial charge in [0.15, 0.2) is 0 Å². The molecule has 0 saturated heterocycles. The van der Waals surface area contributed by atoms with Crippen LogP contribution in [0.1, 0.15) is 11.1 Å². The molecule has 0 atom stereocenters. The summed E-state index contributed by atoms with van der Waals surface area (Å²) in [4.78, 5) is 0. The van der Waals surface area contributed by atoms with Gasteiger partial charge >= 0.3 is 0 Å². The zero-order chi connectivity index (χ0) is 15.1. The summed E-state index contributed by atoms with van der Waals surface area (Å²) in [5.74, 6) is 0. The van der Waals surface area contributed by atoms with Crippen LogP contribution in [0.3, 0.4) is 0 Å². The number of hydrogen-bond acceptors (Lipinski definition) is 0. The number of fused-ring (bicyclic) bond motifs is 2. The zero-order valence-corrected chi connectivity index (χ0v) is 12.9. The maximum atomic E-state index is 2.33. The zero-order valence-electron chi connectivity index (χ0n) is 12.9. The van der Waals surface area contributed by atoms with E-state index in [2.05, 4.69) is 86.6 Å². The molecule has 4 aromatic rings. The maximum Gasteiger partial charge on any atom is -0.00964 e. The number of hydrogen-bond donors (Lipinski definition) is 0. The van der Waals surface area contributed by atoms with Crippen molar-refractivity contribution >= 4 is 21.5 Å². The van der Waals surface area contributed by atoms with Crippen LogP contribution < -0.4 is 0 Å². The molecule has 0 aliphatic carbocycles. The molecular weight excluding hydrogens is 264 g/mol. The Balaban J connectivity index is 2.08. The third kappa shape index (κ3) is 2.08. The lowest BCUT2D eigenvalue weighted by atomic mass is 9.93. The third-order valence-electron chi connectivity index (χ3n) is 4.46. The van der Waals surface area contributed by atoms with Gasteiger partial charge in [-0.1, -0.05) is 66.2 Å². The molecule has 0 heterocycles. The van der Waals surface area contributed by atoms with E-state index < -0.39 is 0 Å². The van der Waals surface area contributed by atoms with Crippen LogP contribution in [0.2, 0.25) is 0 Å². The molecule has 4 rings (SSSR count). The largest absolute Gasteiger partial charge is 0.0616 e. The Bertz CT molecular complexity index is 976. The van der Waals surface area contributed by atoms with Crippen molar-refractivity contribution in [2.24, 2.45) is 0 Å². The molecule has 0 spiro atoms. The highest BCUT2D eigenvalue weighted by molar-refractivity contribution is 6.06. The van der Waals surface area contributed by atoms with Crippen LogP contribution in [0.5, 0.6) is 0 Å². The summed E-state index contributed by atoms with van der Waals surface area (Å²) in [6.45, 7) is 4.32. The SMILES string of the molecule is Cc1ccc(-c2ccc(C)c3cc4ccccc4cc23)cc1. The molecule has 0 saturated carbocycles. The lowest BCUT2D eigenvalue weighted by molar-refractivity contribution is 1.47. The first-order valence-corrected chi connectivity index (χ1v) is 7.71. The Labute approximate surface area is 131 Å². The first kappa shape index (κ1) is 13.1. The molecule has 0 aromatic heterocycles. The van der Waals surface area contributed by atoms with Gasteiger partial charge in [0.05, 0.1) is 0 Å². The van der Waals surface area contributed by atoms with Gasteiger partial charge < -0.3 is 0 Å². The Morgan fingerprint density at radius 2 is 1.23 bits per heavy atom. The summed E-state index contributed by atoms with van der Waals surface area (Å²) in [5, 5.41) is 5.28. The molecule has 0 radical (unpaired) electrons. The van der Waals surface area contributed by atoms with E-state index in [0.29, 0.717) is 0 Å². The predicted octanol–water partition coefficient (Wildman–Crippen LogP) is 6.28. The molecule has 4 aromatic carbocycles. The fourth-order valence-corrected chi connectivity index (χ4v) is 3.16. The van der Waals surface area contributed by atoms with Crippen LogP contribution in [-0.2, 0) is 0 Å². The van der Waals surface area contributed by atoms with Crippen molar-refractivity contribution in [2.45, 2.75) is 13.8 Å². The minimum absolute atomic E-state index is 1.28. The van der Waals surface area contributed by atoms with Crippen molar-refractivity contribution in [1.82, 2.24) is 0 Å². The summed E-state index contributed by atoms with van der Waals surface area (Å²) < 4.78 is 0. The van der Waals surface area contributed by atoms with Gasteiger partial charge in [0, 0.05) is 0 Å². The van der Waals surface area contributed by atoms with Crippen LogP contribution >= 0.6 is 0 Å². The Kier molecular flexibility index (Phi) is 2.97. The van der Waals surface area contributed by atoms with Crippen LogP contribution in [0, 0.1) is 13.8 Å². The molecule has 0 fully saturated rings. The first-order chi connectivity index (χ1) is 10.7. The topological polar surface area (TPSA) is 0 Å². The van der Waals surface area contributed by atoms with E-state index in [0.717, 1.165) is 0 Å². The lowest BCUT2D eigenvalue weighted by Crippen LogP contribution is -1.86. The van der Waals surface area contributed by atoms with Crippen molar-refractivity contribution in [1.29, 1.82) is 0 Å². The molecule has 0 N–H and O–H groups in total. The van der Waals surface area contributed by atoms with Crippen LogP contribution in [0.4, 0.5) is 0 Å². The first-order valence-electron chi connectivity index (χ1n) is 7.71. The summed E-state index contributed by atoms with van der Waals surface area (Å²) >= 11 is 0. The number of benzene rings is 4. The second-order valence-electron chi connectivity index (χ2n) is 6.04. The second kappa shape index (κ2) is 4.99. The van der Waals surface area contributed by atoms with Crippen LogP contribution in [-0.4, -0.2) is 0 Å². The smallest absolute Gasteiger partial charge is 0.00964 e. The van der Waals surface area contributed by atoms with Gasteiger partial charge in [-0.3, -0.25) is 0 Å². The molecule has 0 heteroatoms. The van der Waals surface area contributed by atoms with Gasteiger partial charge in [-0.15, -0.1) is 0 Å². The molecule has 0 bridgehead atoms. The van der Waals surface area contributed by atoms with Crippen LogP contribution in [0.15, 0.2) is 72.8 Å². The minimum Gasteiger partial charge on any atom is -0.0616 e. The van der Waals surface area contributed by atoms with E-state index in [1.165, 1.54) is 43.8 Å². The van der Waals surface area contributed by atoms with Crippen molar-refractivity contribution in [3.63, 3.8) is 0 Å². The fraction of sp³-hybridized carbons (Fsp3) is 0.0909. The van der Waals surface area contributed by atoms with E-state index in [-0.39, 0.29) is 0 Å². The quantitative estimate of drug-likeness (QED) is 0.360. The van der Waals surface area contributed by atoms with Gasteiger partial charge in [0.2, 0.25) is 0 Å². The molecule has 0 nitrogen and oxygen atoms in total. The molecule has 0 unspecified atom stereocenters. The number of rotatable bonds is 1. The van der Waals surface area contributed by atoms with E-state index in [1.54, 1.807) is 0 Å². The van der Waals surface area contributed by atoms with E-state index in [1.807, 2.05) is 0 Å². The molecular formula is C22H18. The van der Waals surface area contributed by atoms with Crippen molar-refractivity contribution in [2.75, 3.05) is 0 Å². The molecule has 106 valence electrons. The average Bonchev–Trinajstić information content (AvgIpc) is 2.55. The average molecular weight is 282 g/mol. The highest BCUT2D eigenvalue weighted by Crippen LogP contribution is 2.33. The monoisotopic (exact) mass is 282 g/mol. The fourth-order valence-electron chi connectivity index (χ4n) is 3.16. The summed E-state index contributed by atoms with van der Waals surface area (Å²) in [6.07, 6.45) is 0. The van der Waals surface area contributed by atoms with Crippen LogP contribution in [0.25, 0.3) is 32.7 Å².